The van der Waals surface area contributed by atoms with Gasteiger partial charge >= 0.3 is 0 Å². The van der Waals surface area contributed by atoms with Gasteiger partial charge in [-0.15, -0.1) is 11.3 Å². The van der Waals surface area contributed by atoms with E-state index in [0.29, 0.717) is 24.8 Å². The average Bonchev–Trinajstić information content (AvgIpc) is 3.16. The van der Waals surface area contributed by atoms with Gasteiger partial charge < -0.3 is 20.3 Å². The van der Waals surface area contributed by atoms with Crippen molar-refractivity contribution in [2.75, 3.05) is 33.7 Å². The van der Waals surface area contributed by atoms with Crippen molar-refractivity contribution in [3.8, 4) is 5.75 Å². The van der Waals surface area contributed by atoms with Crippen molar-refractivity contribution in [2.24, 2.45) is 4.99 Å². The van der Waals surface area contributed by atoms with Gasteiger partial charge in [-0.25, -0.2) is 9.38 Å². The smallest absolute Gasteiger partial charge is 0.243 e. The zero-order chi connectivity index (χ0) is 20.4. The van der Waals surface area contributed by atoms with E-state index in [1.165, 1.54) is 21.9 Å². The number of thiophene rings is 1. The van der Waals surface area contributed by atoms with E-state index in [1.807, 2.05) is 18.4 Å². The van der Waals surface area contributed by atoms with Crippen LogP contribution in [-0.2, 0) is 11.2 Å². The molecule has 0 aliphatic heterocycles. The predicted molar refractivity (Wildman–Crippen MR) is 112 cm³/mol. The van der Waals surface area contributed by atoms with Gasteiger partial charge in [-0.1, -0.05) is 12.1 Å². The third-order valence-corrected chi connectivity index (χ3v) is 4.74. The van der Waals surface area contributed by atoms with E-state index in [2.05, 4.69) is 21.7 Å². The minimum absolute atomic E-state index is 0.0560. The number of rotatable bonds is 9. The molecule has 0 bridgehead atoms. The molecule has 2 aromatic rings. The Bertz CT molecular complexity index is 765. The number of benzene rings is 1. The van der Waals surface area contributed by atoms with Gasteiger partial charge in [-0.3, -0.25) is 4.79 Å². The van der Waals surface area contributed by atoms with Crippen molar-refractivity contribution in [3.63, 3.8) is 0 Å². The van der Waals surface area contributed by atoms with Crippen LogP contribution in [0.15, 0.2) is 46.8 Å². The van der Waals surface area contributed by atoms with E-state index in [9.17, 15) is 9.18 Å². The Morgan fingerprint density at radius 1 is 1.29 bits per heavy atom. The maximum absolute atomic E-state index is 13.3. The second-order valence-electron chi connectivity index (χ2n) is 6.48. The molecule has 6 nitrogen and oxygen atoms in total. The number of carbonyl (C=O) groups excluding carboxylic acids is 1. The first-order valence-corrected chi connectivity index (χ1v) is 9.99. The molecule has 0 aliphatic rings. The Hall–Kier alpha value is -2.61. The molecule has 1 unspecified atom stereocenters. The number of carbonyl (C=O) groups is 1. The highest BCUT2D eigenvalue weighted by Crippen LogP contribution is 2.13. The van der Waals surface area contributed by atoms with Crippen LogP contribution < -0.4 is 15.4 Å². The third-order valence-electron chi connectivity index (χ3n) is 3.81. The first-order chi connectivity index (χ1) is 13.4. The zero-order valence-electron chi connectivity index (χ0n) is 16.4. The molecule has 0 fully saturated rings. The maximum Gasteiger partial charge on any atom is 0.243 e. The molecule has 1 amide bonds. The normalized spacial score (nSPS) is 12.4. The fourth-order valence-corrected chi connectivity index (χ4v) is 2.99. The number of ether oxygens (including phenoxy) is 1. The lowest BCUT2D eigenvalue weighted by atomic mass is 10.3. The fourth-order valence-electron chi connectivity index (χ4n) is 2.28. The van der Waals surface area contributed by atoms with Gasteiger partial charge in [0.1, 0.15) is 24.2 Å². The largest absolute Gasteiger partial charge is 0.489 e. The first kappa shape index (κ1) is 21.7. The number of amides is 1. The van der Waals surface area contributed by atoms with Gasteiger partial charge in [0.2, 0.25) is 5.91 Å². The molecular weight excluding hydrogens is 379 g/mol. The molecular formula is C20H27FN4O2S. The van der Waals surface area contributed by atoms with E-state index >= 15 is 0 Å². The lowest BCUT2D eigenvalue weighted by molar-refractivity contribution is -0.127. The summed E-state index contributed by atoms with van der Waals surface area (Å²) in [5.41, 5.74) is 0. The molecule has 2 rings (SSSR count). The summed E-state index contributed by atoms with van der Waals surface area (Å²) in [5, 5.41) is 8.47. The van der Waals surface area contributed by atoms with Crippen LogP contribution in [0.1, 0.15) is 11.8 Å². The quantitative estimate of drug-likeness (QED) is 0.496. The molecule has 2 N–H and O–H groups in total. The third kappa shape index (κ3) is 7.96. The number of guanidine groups is 1. The van der Waals surface area contributed by atoms with E-state index in [0.717, 1.165) is 6.42 Å². The topological polar surface area (TPSA) is 66.0 Å². The second kappa shape index (κ2) is 11.3. The van der Waals surface area contributed by atoms with Gasteiger partial charge in [0, 0.05) is 31.6 Å². The number of nitrogens with one attached hydrogen (secondary N) is 2. The van der Waals surface area contributed by atoms with Crippen LogP contribution in [0.5, 0.6) is 5.75 Å². The lowest BCUT2D eigenvalue weighted by Gasteiger charge is -2.18. The Kier molecular flexibility index (Phi) is 8.74. The van der Waals surface area contributed by atoms with Gasteiger partial charge in [-0.05, 0) is 36.9 Å². The lowest BCUT2D eigenvalue weighted by Crippen LogP contribution is -2.43. The Balaban J connectivity index is 1.87. The summed E-state index contributed by atoms with van der Waals surface area (Å²) in [4.78, 5) is 19.0. The van der Waals surface area contributed by atoms with Crippen LogP contribution in [0, 0.1) is 5.82 Å². The summed E-state index contributed by atoms with van der Waals surface area (Å²) in [6.07, 6.45) is 0.658. The molecule has 1 aromatic heterocycles. The average molecular weight is 407 g/mol. The minimum atomic E-state index is -0.336. The van der Waals surface area contributed by atoms with E-state index in [-0.39, 0.29) is 24.4 Å². The molecule has 0 saturated heterocycles. The molecule has 0 aliphatic carbocycles. The molecule has 152 valence electrons. The van der Waals surface area contributed by atoms with Crippen LogP contribution in [-0.4, -0.2) is 56.6 Å². The van der Waals surface area contributed by atoms with Crippen molar-refractivity contribution < 1.29 is 13.9 Å². The predicted octanol–water partition coefficient (Wildman–Crippen LogP) is 2.52. The summed E-state index contributed by atoms with van der Waals surface area (Å²) in [6.45, 7) is 3.09. The summed E-state index contributed by atoms with van der Waals surface area (Å²) in [6, 6.07) is 10.1. The monoisotopic (exact) mass is 406 g/mol. The highest BCUT2D eigenvalue weighted by molar-refractivity contribution is 7.09. The van der Waals surface area contributed by atoms with Gasteiger partial charge in [0.15, 0.2) is 5.96 Å². The van der Waals surface area contributed by atoms with Crippen LogP contribution in [0.2, 0.25) is 0 Å². The van der Waals surface area contributed by atoms with Crippen molar-refractivity contribution in [1.82, 2.24) is 15.5 Å². The Morgan fingerprint density at radius 3 is 2.79 bits per heavy atom. The molecule has 1 heterocycles. The van der Waals surface area contributed by atoms with Crippen LogP contribution in [0.3, 0.4) is 0 Å². The summed E-state index contributed by atoms with van der Waals surface area (Å²) < 4.78 is 19.0. The van der Waals surface area contributed by atoms with Crippen LogP contribution in [0.25, 0.3) is 0 Å². The number of hydrogen-bond acceptors (Lipinski definition) is 4. The Morgan fingerprint density at radius 2 is 2.11 bits per heavy atom. The van der Waals surface area contributed by atoms with E-state index < -0.39 is 0 Å². The van der Waals surface area contributed by atoms with Gasteiger partial charge in [0.25, 0.3) is 0 Å². The molecule has 28 heavy (non-hydrogen) atoms. The molecule has 8 heteroatoms. The summed E-state index contributed by atoms with van der Waals surface area (Å²) in [5.74, 6) is 0.600. The fraction of sp³-hybridized carbons (Fsp3) is 0.400. The molecule has 0 radical (unpaired) electrons. The molecule has 1 atom stereocenters. The molecule has 1 aromatic carbocycles. The SMILES string of the molecule is CC(CNC(=NCC(=O)N(C)C)NCCc1cccs1)Oc1cccc(F)c1. The maximum atomic E-state index is 13.3. The number of hydrogen-bond donors (Lipinski definition) is 2. The highest BCUT2D eigenvalue weighted by Gasteiger charge is 2.08. The highest BCUT2D eigenvalue weighted by atomic mass is 32.1. The molecule has 0 saturated carbocycles. The van der Waals surface area contributed by atoms with Crippen LogP contribution >= 0.6 is 11.3 Å². The number of aliphatic imine (C=N–C) groups is 1. The van der Waals surface area contributed by atoms with Crippen molar-refractivity contribution in [2.45, 2.75) is 19.4 Å². The van der Waals surface area contributed by atoms with E-state index in [1.54, 1.807) is 37.6 Å². The number of nitrogens with zero attached hydrogens (tertiary/aromatic N) is 2. The summed E-state index contributed by atoms with van der Waals surface area (Å²) in [7, 11) is 3.40. The van der Waals surface area contributed by atoms with E-state index in [4.69, 9.17) is 4.74 Å². The standard InChI is InChI=1S/C20H27FN4O2S/c1-15(27-17-7-4-6-16(21)12-17)13-23-20(24-14-19(26)25(2)3)22-10-9-18-8-5-11-28-18/h4-8,11-12,15H,9-10,13-14H2,1-3H3,(H2,22,23,24). The first-order valence-electron chi connectivity index (χ1n) is 9.11. The Labute approximate surface area is 169 Å². The van der Waals surface area contributed by atoms with Crippen molar-refractivity contribution in [3.05, 3.63) is 52.5 Å². The van der Waals surface area contributed by atoms with Crippen molar-refractivity contribution in [1.29, 1.82) is 0 Å². The van der Waals surface area contributed by atoms with Crippen molar-refractivity contribution >= 4 is 23.2 Å². The second-order valence-corrected chi connectivity index (χ2v) is 7.51. The summed E-state index contributed by atoms with van der Waals surface area (Å²) >= 11 is 1.71. The number of likely N-dealkylation sites (N-methyl/N-ethyl adjacent to an activating group) is 1. The number of halogens is 1. The van der Waals surface area contributed by atoms with Gasteiger partial charge in [0.05, 0.1) is 6.54 Å². The molecule has 0 spiro atoms. The van der Waals surface area contributed by atoms with Crippen LogP contribution in [0.4, 0.5) is 4.39 Å². The minimum Gasteiger partial charge on any atom is -0.489 e. The van der Waals surface area contributed by atoms with Gasteiger partial charge in [-0.2, -0.15) is 0 Å². The zero-order valence-corrected chi connectivity index (χ0v) is 17.3.